The molecule has 1 aliphatic heterocycles. The van der Waals surface area contributed by atoms with Crippen LogP contribution in [0.15, 0.2) is 11.6 Å². The first-order chi connectivity index (χ1) is 12.6. The zero-order valence-corrected chi connectivity index (χ0v) is 19.6. The van der Waals surface area contributed by atoms with Gasteiger partial charge >= 0.3 is 5.97 Å². The SMILES string of the molecule is CC1=C[C@H]2[C@@H]([C@H]3C(=O)OC[C@@H]13)[C@@H](C)CC[C@H]2O[Si](C(C)C)(C(C)C)C(C)C. The lowest BCUT2D eigenvalue weighted by molar-refractivity contribution is -0.145. The first-order valence-electron chi connectivity index (χ1n) is 11.1. The smallest absolute Gasteiger partial charge is 0.310 e. The first-order valence-corrected chi connectivity index (χ1v) is 13.3. The van der Waals surface area contributed by atoms with E-state index in [0.29, 0.717) is 46.9 Å². The van der Waals surface area contributed by atoms with Gasteiger partial charge in [0.05, 0.1) is 18.6 Å². The average Bonchev–Trinajstić information content (AvgIpc) is 2.96. The molecule has 154 valence electrons. The Morgan fingerprint density at radius 2 is 1.67 bits per heavy atom. The van der Waals surface area contributed by atoms with Crippen LogP contribution in [0, 0.1) is 29.6 Å². The summed E-state index contributed by atoms with van der Waals surface area (Å²) in [4.78, 5) is 12.6. The van der Waals surface area contributed by atoms with Crippen LogP contribution in [0.3, 0.4) is 0 Å². The molecule has 1 saturated carbocycles. The molecule has 3 aliphatic rings. The number of cyclic esters (lactones) is 1. The minimum absolute atomic E-state index is 0.0371. The lowest BCUT2D eigenvalue weighted by atomic mass is 9.59. The molecule has 1 heterocycles. The fraction of sp³-hybridized carbons (Fsp3) is 0.870. The van der Waals surface area contributed by atoms with Gasteiger partial charge in [-0.15, -0.1) is 0 Å². The summed E-state index contributed by atoms with van der Waals surface area (Å²) < 4.78 is 12.8. The van der Waals surface area contributed by atoms with Crippen molar-refractivity contribution >= 4 is 14.3 Å². The van der Waals surface area contributed by atoms with Crippen molar-refractivity contribution in [2.75, 3.05) is 6.61 Å². The highest BCUT2D eigenvalue weighted by Gasteiger charge is 2.55. The molecular formula is C23H40O3Si. The van der Waals surface area contributed by atoms with E-state index in [1.807, 2.05) is 0 Å². The molecule has 2 aliphatic carbocycles. The van der Waals surface area contributed by atoms with E-state index < -0.39 is 8.32 Å². The number of hydrogen-bond acceptors (Lipinski definition) is 3. The molecule has 0 bridgehead atoms. The Kier molecular flexibility index (Phi) is 5.99. The van der Waals surface area contributed by atoms with Crippen LogP contribution in [0.1, 0.15) is 68.2 Å². The van der Waals surface area contributed by atoms with Crippen molar-refractivity contribution < 1.29 is 14.0 Å². The minimum atomic E-state index is -1.93. The van der Waals surface area contributed by atoms with E-state index >= 15 is 0 Å². The number of ether oxygens (including phenoxy) is 1. The molecule has 3 rings (SSSR count). The van der Waals surface area contributed by atoms with E-state index in [-0.39, 0.29) is 18.0 Å². The summed E-state index contributed by atoms with van der Waals surface area (Å²) in [5.74, 6) is 1.69. The lowest BCUT2D eigenvalue weighted by Gasteiger charge is -2.52. The second kappa shape index (κ2) is 7.66. The van der Waals surface area contributed by atoms with Gasteiger partial charge in [-0.05, 0) is 48.2 Å². The van der Waals surface area contributed by atoms with Crippen LogP contribution in [0.4, 0.5) is 0 Å². The molecule has 0 aromatic heterocycles. The van der Waals surface area contributed by atoms with Gasteiger partial charge < -0.3 is 9.16 Å². The lowest BCUT2D eigenvalue weighted by Crippen LogP contribution is -2.55. The molecule has 0 unspecified atom stereocenters. The number of hydrogen-bond donors (Lipinski definition) is 0. The zero-order valence-electron chi connectivity index (χ0n) is 18.6. The van der Waals surface area contributed by atoms with Crippen molar-refractivity contribution in [1.29, 1.82) is 0 Å². The van der Waals surface area contributed by atoms with E-state index in [2.05, 4.69) is 61.5 Å². The molecule has 0 spiro atoms. The second-order valence-electron chi connectivity index (χ2n) is 10.4. The third-order valence-corrected chi connectivity index (χ3v) is 14.2. The molecule has 27 heavy (non-hydrogen) atoms. The largest absolute Gasteiger partial charge is 0.465 e. The number of carbonyl (C=O) groups is 1. The van der Waals surface area contributed by atoms with Gasteiger partial charge in [0.2, 0.25) is 8.32 Å². The highest BCUT2D eigenvalue weighted by atomic mass is 28.4. The van der Waals surface area contributed by atoms with Crippen LogP contribution in [-0.2, 0) is 14.0 Å². The van der Waals surface area contributed by atoms with Gasteiger partial charge in [-0.3, -0.25) is 4.79 Å². The second-order valence-corrected chi connectivity index (χ2v) is 15.8. The number of carbonyl (C=O) groups excluding carboxylic acids is 1. The normalized spacial score (nSPS) is 36.7. The fourth-order valence-corrected chi connectivity index (χ4v) is 12.5. The van der Waals surface area contributed by atoms with E-state index in [9.17, 15) is 4.79 Å². The van der Waals surface area contributed by atoms with Gasteiger partial charge in [-0.2, -0.15) is 0 Å². The summed E-state index contributed by atoms with van der Waals surface area (Å²) in [6.07, 6.45) is 5.01. The van der Waals surface area contributed by atoms with Gasteiger partial charge in [-0.25, -0.2) is 0 Å². The van der Waals surface area contributed by atoms with Crippen molar-refractivity contribution in [1.82, 2.24) is 0 Å². The van der Waals surface area contributed by atoms with Crippen LogP contribution in [0.5, 0.6) is 0 Å². The third kappa shape index (κ3) is 3.35. The van der Waals surface area contributed by atoms with Crippen LogP contribution >= 0.6 is 0 Å². The highest BCUT2D eigenvalue weighted by Crippen LogP contribution is 2.53. The number of esters is 1. The topological polar surface area (TPSA) is 35.5 Å². The van der Waals surface area contributed by atoms with Crippen LogP contribution in [0.2, 0.25) is 16.6 Å². The summed E-state index contributed by atoms with van der Waals surface area (Å²) in [6, 6.07) is 0. The Labute approximate surface area is 167 Å². The molecule has 0 radical (unpaired) electrons. The standard InChI is InChI=1S/C23H40O3Si/c1-13(2)27(14(3)4,15(5)6)26-20-10-9-16(7)21-18(20)11-17(8)19-12-25-23(24)22(19)21/h11,13-16,18-22H,9-10,12H2,1-8H3/t16-,18+,19-,20+,21-,22-/m0/s1. The van der Waals surface area contributed by atoms with Crippen LogP contribution in [0.25, 0.3) is 0 Å². The van der Waals surface area contributed by atoms with Crippen molar-refractivity contribution in [3.63, 3.8) is 0 Å². The monoisotopic (exact) mass is 392 g/mol. The van der Waals surface area contributed by atoms with Crippen LogP contribution in [-0.4, -0.2) is 27.0 Å². The van der Waals surface area contributed by atoms with E-state index in [4.69, 9.17) is 9.16 Å². The number of fused-ring (bicyclic) bond motifs is 3. The van der Waals surface area contributed by atoms with E-state index in [1.165, 1.54) is 5.57 Å². The van der Waals surface area contributed by atoms with Crippen molar-refractivity contribution in [2.24, 2.45) is 29.6 Å². The summed E-state index contributed by atoms with van der Waals surface area (Å²) >= 11 is 0. The van der Waals surface area contributed by atoms with Gasteiger partial charge in [0.25, 0.3) is 0 Å². The van der Waals surface area contributed by atoms with E-state index in [1.54, 1.807) is 0 Å². The summed E-state index contributed by atoms with van der Waals surface area (Å²) in [7, 11) is -1.93. The molecule has 0 aromatic carbocycles. The maximum absolute atomic E-state index is 12.6. The van der Waals surface area contributed by atoms with Crippen LogP contribution < -0.4 is 0 Å². The van der Waals surface area contributed by atoms with Gasteiger partial charge in [0.1, 0.15) is 0 Å². The van der Waals surface area contributed by atoms with Gasteiger partial charge in [0, 0.05) is 11.8 Å². The fourth-order valence-electron chi connectivity index (χ4n) is 6.86. The Bertz CT molecular complexity index is 573. The summed E-state index contributed by atoms with van der Waals surface area (Å²) in [6.45, 7) is 19.3. The Hall–Kier alpha value is -0.613. The Morgan fingerprint density at radius 3 is 2.22 bits per heavy atom. The Balaban J connectivity index is 1.96. The quantitative estimate of drug-likeness (QED) is 0.329. The molecular weight excluding hydrogens is 352 g/mol. The molecule has 1 saturated heterocycles. The number of rotatable bonds is 5. The maximum Gasteiger partial charge on any atom is 0.310 e. The molecule has 0 aromatic rings. The molecule has 2 fully saturated rings. The molecule has 6 atom stereocenters. The minimum Gasteiger partial charge on any atom is -0.465 e. The van der Waals surface area contributed by atoms with Gasteiger partial charge in [-0.1, -0.05) is 60.1 Å². The average molecular weight is 393 g/mol. The molecule has 4 heteroatoms. The van der Waals surface area contributed by atoms with Gasteiger partial charge in [0.15, 0.2) is 0 Å². The Morgan fingerprint density at radius 1 is 1.07 bits per heavy atom. The molecule has 0 amide bonds. The third-order valence-electron chi connectivity index (χ3n) is 8.07. The predicted molar refractivity (Wildman–Crippen MR) is 113 cm³/mol. The van der Waals surface area contributed by atoms with Crippen molar-refractivity contribution in [3.05, 3.63) is 11.6 Å². The molecule has 3 nitrogen and oxygen atoms in total. The summed E-state index contributed by atoms with van der Waals surface area (Å²) in [5, 5.41) is 0. The summed E-state index contributed by atoms with van der Waals surface area (Å²) in [5.41, 5.74) is 3.12. The molecule has 0 N–H and O–H groups in total. The highest BCUT2D eigenvalue weighted by molar-refractivity contribution is 6.77. The first kappa shape index (κ1) is 21.1. The zero-order chi connectivity index (χ0) is 20.1. The van der Waals surface area contributed by atoms with E-state index in [0.717, 1.165) is 12.8 Å². The maximum atomic E-state index is 12.6. The predicted octanol–water partition coefficient (Wildman–Crippen LogP) is 5.96. The van der Waals surface area contributed by atoms with Crippen molar-refractivity contribution in [3.8, 4) is 0 Å². The van der Waals surface area contributed by atoms with Crippen molar-refractivity contribution in [2.45, 2.75) is 91.0 Å².